The molecule has 2 saturated carbocycles. The van der Waals surface area contributed by atoms with Crippen LogP contribution in [0.15, 0.2) is 23.3 Å². The summed E-state index contributed by atoms with van der Waals surface area (Å²) in [6, 6.07) is 0. The van der Waals surface area contributed by atoms with Crippen molar-refractivity contribution in [3.05, 3.63) is 23.3 Å². The molecule has 0 saturated heterocycles. The molecule has 0 aliphatic heterocycles. The van der Waals surface area contributed by atoms with Gasteiger partial charge < -0.3 is 9.47 Å². The first-order valence-corrected chi connectivity index (χ1v) is 12.7. The Labute approximate surface area is 199 Å². The van der Waals surface area contributed by atoms with Gasteiger partial charge in [-0.05, 0) is 61.9 Å². The van der Waals surface area contributed by atoms with Crippen LogP contribution < -0.4 is 0 Å². The second-order valence-corrected chi connectivity index (χ2v) is 11.5. The van der Waals surface area contributed by atoms with Gasteiger partial charge in [0.15, 0.2) is 5.60 Å². The van der Waals surface area contributed by atoms with E-state index in [0.29, 0.717) is 23.8 Å². The normalized spacial score (nSPS) is 39.5. The molecule has 1 unspecified atom stereocenters. The molecule has 33 heavy (non-hydrogen) atoms. The average molecular weight is 459 g/mol. The number of esters is 2. The van der Waals surface area contributed by atoms with Gasteiger partial charge in [-0.25, -0.2) is 0 Å². The summed E-state index contributed by atoms with van der Waals surface area (Å²) in [5, 5.41) is 0. The van der Waals surface area contributed by atoms with Crippen molar-refractivity contribution in [2.75, 3.05) is 0 Å². The van der Waals surface area contributed by atoms with Gasteiger partial charge in [0, 0.05) is 13.3 Å². The third kappa shape index (κ3) is 4.83. The van der Waals surface area contributed by atoms with E-state index in [4.69, 9.17) is 9.47 Å². The second kappa shape index (κ2) is 9.38. The van der Waals surface area contributed by atoms with Gasteiger partial charge in [-0.1, -0.05) is 58.8 Å². The Morgan fingerprint density at radius 1 is 1.18 bits per heavy atom. The Kier molecular flexibility index (Phi) is 7.31. The first-order valence-electron chi connectivity index (χ1n) is 12.7. The highest BCUT2D eigenvalue weighted by Crippen LogP contribution is 2.62. The molecule has 0 N–H and O–H groups in total. The SMILES string of the molecule is CCCC(C)C(=O)O[C@H]1[C@@H](C)C[C@]2(OC(C)=O)C(=O)/C(C)=C/[C@@H]3[C@H](CC/C(C)=C/[C@@H]12)C3(C)C. The first kappa shape index (κ1) is 25.7. The predicted octanol–water partition coefficient (Wildman–Crippen LogP) is 5.82. The van der Waals surface area contributed by atoms with E-state index in [1.165, 1.54) is 6.92 Å². The summed E-state index contributed by atoms with van der Waals surface area (Å²) in [6.07, 6.45) is 7.64. The molecule has 0 spiro atoms. The minimum atomic E-state index is -1.34. The molecule has 0 aromatic rings. The molecule has 0 radical (unpaired) electrons. The van der Waals surface area contributed by atoms with Gasteiger partial charge >= 0.3 is 11.9 Å². The number of ketones is 1. The molecule has 7 atom stereocenters. The minimum absolute atomic E-state index is 0.110. The molecule has 3 rings (SSSR count). The van der Waals surface area contributed by atoms with E-state index in [0.717, 1.165) is 31.3 Å². The zero-order chi connectivity index (χ0) is 24.7. The van der Waals surface area contributed by atoms with Crippen LogP contribution in [0.5, 0.6) is 0 Å². The molecule has 0 aromatic heterocycles. The van der Waals surface area contributed by atoms with Crippen LogP contribution in [0.3, 0.4) is 0 Å². The van der Waals surface area contributed by atoms with E-state index >= 15 is 0 Å². The molecule has 0 heterocycles. The molecule has 0 aromatic carbocycles. The fourth-order valence-corrected chi connectivity index (χ4v) is 6.35. The standard InChI is InChI=1S/C28H42O5/c1-9-10-17(3)26(31)32-24-19(5)15-28(33-20(6)29)23(24)13-16(2)11-12-21-22(27(21,7)8)14-18(4)25(28)30/h13-14,17,19,21-24H,9-12,15H2,1-8H3/b16-13+,18-14+/t17?,19-,21-,22+,23-,24-,28+/m0/s1. The van der Waals surface area contributed by atoms with E-state index in [9.17, 15) is 14.4 Å². The van der Waals surface area contributed by atoms with Crippen molar-refractivity contribution in [1.82, 2.24) is 0 Å². The molecule has 0 amide bonds. The van der Waals surface area contributed by atoms with Gasteiger partial charge in [-0.3, -0.25) is 14.4 Å². The maximum Gasteiger partial charge on any atom is 0.308 e. The van der Waals surface area contributed by atoms with Crippen molar-refractivity contribution < 1.29 is 23.9 Å². The lowest BCUT2D eigenvalue weighted by atomic mass is 9.81. The first-order chi connectivity index (χ1) is 15.3. The van der Waals surface area contributed by atoms with Crippen molar-refractivity contribution in [3.8, 4) is 0 Å². The van der Waals surface area contributed by atoms with Crippen LogP contribution in [0, 0.1) is 35.0 Å². The highest BCUT2D eigenvalue weighted by atomic mass is 16.6. The fourth-order valence-electron chi connectivity index (χ4n) is 6.35. The third-order valence-corrected chi connectivity index (χ3v) is 8.41. The van der Waals surface area contributed by atoms with Crippen molar-refractivity contribution in [2.24, 2.45) is 35.0 Å². The number of fused-ring (bicyclic) bond motifs is 2. The third-order valence-electron chi connectivity index (χ3n) is 8.41. The van der Waals surface area contributed by atoms with Crippen molar-refractivity contribution in [2.45, 2.75) is 99.2 Å². The average Bonchev–Trinajstić information content (AvgIpc) is 3.13. The zero-order valence-corrected chi connectivity index (χ0v) is 21.7. The highest BCUT2D eigenvalue weighted by Gasteiger charge is 2.61. The Morgan fingerprint density at radius 3 is 2.45 bits per heavy atom. The summed E-state index contributed by atoms with van der Waals surface area (Å²) in [5.74, 6) is -0.794. The van der Waals surface area contributed by atoms with Crippen molar-refractivity contribution in [1.29, 1.82) is 0 Å². The number of rotatable bonds is 5. The Hall–Kier alpha value is -1.91. The number of hydrogen-bond acceptors (Lipinski definition) is 5. The van der Waals surface area contributed by atoms with Crippen LogP contribution in [-0.4, -0.2) is 29.4 Å². The molecule has 3 aliphatic carbocycles. The van der Waals surface area contributed by atoms with Gasteiger partial charge in [-0.2, -0.15) is 0 Å². The number of carbonyl (C=O) groups excluding carboxylic acids is 3. The molecule has 5 heteroatoms. The largest absolute Gasteiger partial charge is 0.461 e. The van der Waals surface area contributed by atoms with Crippen LogP contribution in [-0.2, 0) is 23.9 Å². The zero-order valence-electron chi connectivity index (χ0n) is 21.7. The summed E-state index contributed by atoms with van der Waals surface area (Å²) >= 11 is 0. The smallest absolute Gasteiger partial charge is 0.308 e. The molecular formula is C28H42O5. The minimum Gasteiger partial charge on any atom is -0.461 e. The topological polar surface area (TPSA) is 69.7 Å². The number of ether oxygens (including phenoxy) is 2. The summed E-state index contributed by atoms with van der Waals surface area (Å²) in [6.45, 7) is 15.7. The summed E-state index contributed by atoms with van der Waals surface area (Å²) < 4.78 is 12.0. The van der Waals surface area contributed by atoms with Crippen LogP contribution in [0.1, 0.15) is 87.5 Å². The molecule has 5 nitrogen and oxygen atoms in total. The van der Waals surface area contributed by atoms with E-state index < -0.39 is 23.6 Å². The molecular weight excluding hydrogens is 416 g/mol. The number of Topliss-reactive ketones (excluding diaryl/α,β-unsaturated/α-hetero) is 1. The van der Waals surface area contributed by atoms with Crippen LogP contribution in [0.2, 0.25) is 0 Å². The maximum absolute atomic E-state index is 14.0. The Bertz CT molecular complexity index is 866. The fraction of sp³-hybridized carbons (Fsp3) is 0.750. The summed E-state index contributed by atoms with van der Waals surface area (Å²) in [7, 11) is 0. The predicted molar refractivity (Wildman–Crippen MR) is 128 cm³/mol. The van der Waals surface area contributed by atoms with E-state index in [1.807, 2.05) is 27.7 Å². The van der Waals surface area contributed by atoms with Gasteiger partial charge in [0.05, 0.1) is 11.8 Å². The van der Waals surface area contributed by atoms with E-state index in [1.54, 1.807) is 0 Å². The molecule has 0 bridgehead atoms. The lowest BCUT2D eigenvalue weighted by Crippen LogP contribution is -2.49. The van der Waals surface area contributed by atoms with Gasteiger partial charge in [-0.15, -0.1) is 0 Å². The lowest BCUT2D eigenvalue weighted by molar-refractivity contribution is -0.170. The van der Waals surface area contributed by atoms with Gasteiger partial charge in [0.2, 0.25) is 5.78 Å². The maximum atomic E-state index is 14.0. The highest BCUT2D eigenvalue weighted by molar-refractivity contribution is 6.03. The summed E-state index contributed by atoms with van der Waals surface area (Å²) in [5.41, 5.74) is 0.631. The number of allylic oxidation sites excluding steroid dienone is 2. The number of hydrogen-bond donors (Lipinski definition) is 0. The van der Waals surface area contributed by atoms with Crippen molar-refractivity contribution >= 4 is 17.7 Å². The molecule has 184 valence electrons. The quantitative estimate of drug-likeness (QED) is 0.383. The van der Waals surface area contributed by atoms with Gasteiger partial charge in [0.25, 0.3) is 0 Å². The monoisotopic (exact) mass is 458 g/mol. The number of carbonyl (C=O) groups is 3. The summed E-state index contributed by atoms with van der Waals surface area (Å²) in [4.78, 5) is 39.1. The van der Waals surface area contributed by atoms with E-state index in [2.05, 4.69) is 32.9 Å². The lowest BCUT2D eigenvalue weighted by Gasteiger charge is -2.34. The van der Waals surface area contributed by atoms with Crippen molar-refractivity contribution in [3.63, 3.8) is 0 Å². The van der Waals surface area contributed by atoms with Crippen LogP contribution in [0.4, 0.5) is 0 Å². The Balaban J connectivity index is 2.06. The molecule has 3 aliphatic rings. The van der Waals surface area contributed by atoms with Crippen LogP contribution >= 0.6 is 0 Å². The van der Waals surface area contributed by atoms with Gasteiger partial charge in [0.1, 0.15) is 6.10 Å². The van der Waals surface area contributed by atoms with E-state index in [-0.39, 0.29) is 29.0 Å². The molecule has 2 fully saturated rings. The van der Waals surface area contributed by atoms with Crippen LogP contribution in [0.25, 0.3) is 0 Å². The second-order valence-electron chi connectivity index (χ2n) is 11.5. The Morgan fingerprint density at radius 2 is 1.85 bits per heavy atom.